The first-order valence-electron chi connectivity index (χ1n) is 5.81. The molecule has 0 bridgehead atoms. The van der Waals surface area contributed by atoms with Crippen LogP contribution in [0.1, 0.15) is 30.0 Å². The molecule has 2 rings (SSSR count). The first kappa shape index (κ1) is 11.6. The molecule has 2 nitrogen and oxygen atoms in total. The molecule has 88 valence electrons. The third-order valence-electron chi connectivity index (χ3n) is 3.45. The summed E-state index contributed by atoms with van der Waals surface area (Å²) in [6.07, 6.45) is 2.19. The predicted octanol–water partition coefficient (Wildman–Crippen LogP) is 2.23. The van der Waals surface area contributed by atoms with Crippen molar-refractivity contribution in [1.29, 1.82) is 0 Å². The smallest absolute Gasteiger partial charge is 0.126 e. The summed E-state index contributed by atoms with van der Waals surface area (Å²) in [4.78, 5) is 2.26. The SMILES string of the molecule is Cc1cc(C2C(N)CCCN2C)ccc1F. The van der Waals surface area contributed by atoms with Gasteiger partial charge < -0.3 is 5.73 Å². The normalized spacial score (nSPS) is 27.0. The zero-order valence-electron chi connectivity index (χ0n) is 9.91. The zero-order valence-corrected chi connectivity index (χ0v) is 9.91. The molecule has 0 amide bonds. The molecule has 0 aliphatic carbocycles. The van der Waals surface area contributed by atoms with Gasteiger partial charge in [-0.3, -0.25) is 4.90 Å². The fraction of sp³-hybridized carbons (Fsp3) is 0.538. The summed E-state index contributed by atoms with van der Waals surface area (Å²) in [5, 5.41) is 0. The Labute approximate surface area is 96.2 Å². The van der Waals surface area contributed by atoms with Crippen LogP contribution in [0.4, 0.5) is 4.39 Å². The van der Waals surface area contributed by atoms with Crippen LogP contribution in [0.15, 0.2) is 18.2 Å². The lowest BCUT2D eigenvalue weighted by Gasteiger charge is -2.37. The van der Waals surface area contributed by atoms with E-state index >= 15 is 0 Å². The van der Waals surface area contributed by atoms with E-state index in [0.717, 1.165) is 24.9 Å². The average molecular weight is 222 g/mol. The highest BCUT2D eigenvalue weighted by Crippen LogP contribution is 2.29. The van der Waals surface area contributed by atoms with Gasteiger partial charge in [0.25, 0.3) is 0 Å². The summed E-state index contributed by atoms with van der Waals surface area (Å²) in [6, 6.07) is 5.70. The number of rotatable bonds is 1. The second kappa shape index (κ2) is 4.52. The Morgan fingerprint density at radius 1 is 1.44 bits per heavy atom. The van der Waals surface area contributed by atoms with Gasteiger partial charge in [0.15, 0.2) is 0 Å². The van der Waals surface area contributed by atoms with Crippen molar-refractivity contribution in [3.63, 3.8) is 0 Å². The number of piperidine rings is 1. The van der Waals surface area contributed by atoms with Gasteiger partial charge in [-0.05, 0) is 50.6 Å². The molecule has 2 N–H and O–H groups in total. The van der Waals surface area contributed by atoms with Crippen LogP contribution in [0.5, 0.6) is 0 Å². The fourth-order valence-corrected chi connectivity index (χ4v) is 2.55. The van der Waals surface area contributed by atoms with Gasteiger partial charge in [0.2, 0.25) is 0 Å². The molecule has 1 aromatic rings. The number of likely N-dealkylation sites (N-methyl/N-ethyl adjacent to an activating group) is 1. The van der Waals surface area contributed by atoms with Gasteiger partial charge in [-0.25, -0.2) is 4.39 Å². The summed E-state index contributed by atoms with van der Waals surface area (Å²) >= 11 is 0. The number of benzene rings is 1. The van der Waals surface area contributed by atoms with Crippen molar-refractivity contribution >= 4 is 0 Å². The monoisotopic (exact) mass is 222 g/mol. The minimum Gasteiger partial charge on any atom is -0.326 e. The number of nitrogens with zero attached hydrogens (tertiary/aromatic N) is 1. The van der Waals surface area contributed by atoms with E-state index in [4.69, 9.17) is 5.73 Å². The van der Waals surface area contributed by atoms with Crippen molar-refractivity contribution < 1.29 is 4.39 Å². The number of halogens is 1. The van der Waals surface area contributed by atoms with Crippen LogP contribution < -0.4 is 5.73 Å². The highest BCUT2D eigenvalue weighted by molar-refractivity contribution is 5.28. The second-order valence-corrected chi connectivity index (χ2v) is 4.74. The lowest BCUT2D eigenvalue weighted by Crippen LogP contribution is -2.43. The number of nitrogens with two attached hydrogens (primary N) is 1. The second-order valence-electron chi connectivity index (χ2n) is 4.74. The minimum atomic E-state index is -0.143. The van der Waals surface area contributed by atoms with Crippen LogP contribution in [0, 0.1) is 12.7 Å². The Hall–Kier alpha value is -0.930. The maximum Gasteiger partial charge on any atom is 0.126 e. The Bertz CT molecular complexity index is 368. The van der Waals surface area contributed by atoms with Crippen LogP contribution in [0.25, 0.3) is 0 Å². The first-order chi connectivity index (χ1) is 7.59. The maximum atomic E-state index is 13.2. The van der Waals surface area contributed by atoms with E-state index in [-0.39, 0.29) is 17.9 Å². The van der Waals surface area contributed by atoms with Gasteiger partial charge in [-0.2, -0.15) is 0 Å². The van der Waals surface area contributed by atoms with Crippen LogP contribution in [0.2, 0.25) is 0 Å². The zero-order chi connectivity index (χ0) is 11.7. The van der Waals surface area contributed by atoms with Gasteiger partial charge in [0, 0.05) is 12.1 Å². The molecule has 1 aliphatic heterocycles. The summed E-state index contributed by atoms with van der Waals surface area (Å²) in [7, 11) is 2.09. The molecule has 0 spiro atoms. The molecule has 3 heteroatoms. The van der Waals surface area contributed by atoms with E-state index in [1.807, 2.05) is 12.1 Å². The van der Waals surface area contributed by atoms with Gasteiger partial charge in [-0.15, -0.1) is 0 Å². The molecule has 2 unspecified atom stereocenters. The van der Waals surface area contributed by atoms with Crippen LogP contribution in [-0.2, 0) is 0 Å². The van der Waals surface area contributed by atoms with Gasteiger partial charge >= 0.3 is 0 Å². The summed E-state index contributed by atoms with van der Waals surface area (Å²) in [6.45, 7) is 2.86. The van der Waals surface area contributed by atoms with E-state index in [9.17, 15) is 4.39 Å². The molecule has 1 fully saturated rings. The quantitative estimate of drug-likeness (QED) is 0.789. The highest BCUT2D eigenvalue weighted by Gasteiger charge is 2.27. The first-order valence-corrected chi connectivity index (χ1v) is 5.81. The summed E-state index contributed by atoms with van der Waals surface area (Å²) < 4.78 is 13.2. The molecule has 1 aromatic carbocycles. The largest absolute Gasteiger partial charge is 0.326 e. The minimum absolute atomic E-state index is 0.143. The Morgan fingerprint density at radius 3 is 2.81 bits per heavy atom. The van der Waals surface area contributed by atoms with E-state index in [1.165, 1.54) is 0 Å². The third kappa shape index (κ3) is 2.11. The molecular weight excluding hydrogens is 203 g/mol. The van der Waals surface area contributed by atoms with Gasteiger partial charge in [0.1, 0.15) is 5.82 Å². The van der Waals surface area contributed by atoms with E-state index in [2.05, 4.69) is 11.9 Å². The number of aryl methyl sites for hydroxylation is 1. The molecule has 16 heavy (non-hydrogen) atoms. The molecular formula is C13H19FN2. The maximum absolute atomic E-state index is 13.2. The third-order valence-corrected chi connectivity index (χ3v) is 3.45. The predicted molar refractivity (Wildman–Crippen MR) is 63.7 cm³/mol. The van der Waals surface area contributed by atoms with Crippen LogP contribution >= 0.6 is 0 Å². The molecule has 1 heterocycles. The highest BCUT2D eigenvalue weighted by atomic mass is 19.1. The van der Waals surface area contributed by atoms with Crippen molar-refractivity contribution in [1.82, 2.24) is 4.90 Å². The van der Waals surface area contributed by atoms with Gasteiger partial charge in [0.05, 0.1) is 0 Å². The molecule has 0 radical (unpaired) electrons. The Kier molecular flexibility index (Phi) is 3.26. The molecule has 0 saturated carbocycles. The molecule has 1 saturated heterocycles. The van der Waals surface area contributed by atoms with Crippen molar-refractivity contribution in [2.75, 3.05) is 13.6 Å². The number of hydrogen-bond donors (Lipinski definition) is 1. The van der Waals surface area contributed by atoms with E-state index < -0.39 is 0 Å². The Balaban J connectivity index is 2.30. The van der Waals surface area contributed by atoms with Gasteiger partial charge in [-0.1, -0.05) is 12.1 Å². The molecule has 1 aliphatic rings. The van der Waals surface area contributed by atoms with Crippen LogP contribution in [-0.4, -0.2) is 24.5 Å². The lowest BCUT2D eigenvalue weighted by atomic mass is 9.91. The molecule has 2 atom stereocenters. The topological polar surface area (TPSA) is 29.3 Å². The Morgan fingerprint density at radius 2 is 2.19 bits per heavy atom. The van der Waals surface area contributed by atoms with Crippen molar-refractivity contribution in [3.05, 3.63) is 35.1 Å². The standard InChI is InChI=1S/C13H19FN2/c1-9-8-10(5-6-11(9)14)13-12(15)4-3-7-16(13)2/h5-6,8,12-13H,3-4,7,15H2,1-2H3. The summed E-state index contributed by atoms with van der Waals surface area (Å²) in [5.41, 5.74) is 7.98. The fourth-order valence-electron chi connectivity index (χ4n) is 2.55. The van der Waals surface area contributed by atoms with Crippen molar-refractivity contribution in [2.24, 2.45) is 5.73 Å². The van der Waals surface area contributed by atoms with E-state index in [1.54, 1.807) is 13.0 Å². The van der Waals surface area contributed by atoms with Crippen molar-refractivity contribution in [3.8, 4) is 0 Å². The summed E-state index contributed by atoms with van der Waals surface area (Å²) in [5.74, 6) is -0.143. The van der Waals surface area contributed by atoms with Crippen molar-refractivity contribution in [2.45, 2.75) is 31.8 Å². The van der Waals surface area contributed by atoms with E-state index in [0.29, 0.717) is 5.56 Å². The number of hydrogen-bond acceptors (Lipinski definition) is 2. The number of likely N-dealkylation sites (tertiary alicyclic amines) is 1. The lowest BCUT2D eigenvalue weighted by molar-refractivity contribution is 0.163. The molecule has 0 aromatic heterocycles. The van der Waals surface area contributed by atoms with Crippen LogP contribution in [0.3, 0.4) is 0 Å². The average Bonchev–Trinajstić information content (AvgIpc) is 2.23.